The molecule has 1 fully saturated rings. The van der Waals surface area contributed by atoms with Crippen molar-refractivity contribution in [3.05, 3.63) is 29.9 Å². The molecule has 2 N–H and O–H groups in total. The number of piperidine rings is 1. The Bertz CT molecular complexity index is 615. The summed E-state index contributed by atoms with van der Waals surface area (Å²) in [5, 5.41) is 16.6. The number of aryl methyl sites for hydroxylation is 1. The normalized spacial score (nSPS) is 18.5. The summed E-state index contributed by atoms with van der Waals surface area (Å²) in [5.41, 5.74) is 0.860. The summed E-state index contributed by atoms with van der Waals surface area (Å²) in [7, 11) is 0. The highest BCUT2D eigenvalue weighted by Gasteiger charge is 2.23. The molecule has 7 nitrogen and oxygen atoms in total. The van der Waals surface area contributed by atoms with Crippen molar-refractivity contribution in [3.8, 4) is 0 Å². The first-order valence-corrected chi connectivity index (χ1v) is 7.62. The Hall–Kier alpha value is -2.15. The second-order valence-electron chi connectivity index (χ2n) is 5.58. The number of hydrogen-bond acceptors (Lipinski definition) is 7. The first-order chi connectivity index (χ1) is 10.8. The molecule has 118 valence electrons. The minimum absolute atomic E-state index is 0.147. The fraction of sp³-hybridized carbons (Fsp3) is 0.533. The molecular weight excluding hydrogens is 282 g/mol. The van der Waals surface area contributed by atoms with Crippen molar-refractivity contribution in [3.63, 3.8) is 0 Å². The molecule has 1 saturated heterocycles. The van der Waals surface area contributed by atoms with Gasteiger partial charge in [0.2, 0.25) is 0 Å². The quantitative estimate of drug-likeness (QED) is 0.869. The molecule has 0 aliphatic carbocycles. The topological polar surface area (TPSA) is 87.3 Å². The lowest BCUT2D eigenvalue weighted by atomic mass is 10.0. The Balaban J connectivity index is 1.69. The molecule has 2 aromatic heterocycles. The lowest BCUT2D eigenvalue weighted by molar-refractivity contribution is 0.239. The summed E-state index contributed by atoms with van der Waals surface area (Å²) < 4.78 is 5.17. The standard InChI is InChI=1S/C15H21N5O2/c1-11-6-13(22-19-11)8-16-14-7-15(18-10-17-14)20-5-3-2-4-12(20)9-21/h6-7,10,12,21H,2-5,8-9H2,1H3,(H,16,17,18). The van der Waals surface area contributed by atoms with Crippen molar-refractivity contribution >= 4 is 11.6 Å². The number of aliphatic hydroxyl groups is 1. The predicted molar refractivity (Wildman–Crippen MR) is 82.7 cm³/mol. The third-order valence-corrected chi connectivity index (χ3v) is 3.91. The van der Waals surface area contributed by atoms with Crippen molar-refractivity contribution in [2.45, 2.75) is 38.8 Å². The second kappa shape index (κ2) is 6.74. The molecule has 0 aromatic carbocycles. The number of anilines is 2. The molecule has 1 unspecified atom stereocenters. The van der Waals surface area contributed by atoms with Gasteiger partial charge in [-0.25, -0.2) is 9.97 Å². The molecule has 3 rings (SSSR count). The van der Waals surface area contributed by atoms with Gasteiger partial charge in [-0.2, -0.15) is 0 Å². The van der Waals surface area contributed by atoms with Crippen molar-refractivity contribution in [1.82, 2.24) is 15.1 Å². The van der Waals surface area contributed by atoms with Gasteiger partial charge in [0.1, 0.15) is 18.0 Å². The highest BCUT2D eigenvalue weighted by molar-refractivity contribution is 5.49. The number of aromatic nitrogens is 3. The van der Waals surface area contributed by atoms with E-state index >= 15 is 0 Å². The number of aliphatic hydroxyl groups excluding tert-OH is 1. The van der Waals surface area contributed by atoms with Crippen LogP contribution in [0.1, 0.15) is 30.7 Å². The maximum absolute atomic E-state index is 9.53. The van der Waals surface area contributed by atoms with Gasteiger partial charge in [-0.3, -0.25) is 0 Å². The molecule has 1 atom stereocenters. The summed E-state index contributed by atoms with van der Waals surface area (Å²) in [6, 6.07) is 3.95. The van der Waals surface area contributed by atoms with E-state index in [1.807, 2.05) is 19.1 Å². The van der Waals surface area contributed by atoms with E-state index in [-0.39, 0.29) is 12.6 Å². The molecule has 2 aromatic rings. The van der Waals surface area contributed by atoms with Gasteiger partial charge in [0.05, 0.1) is 24.9 Å². The summed E-state index contributed by atoms with van der Waals surface area (Å²) in [5.74, 6) is 2.36. The zero-order valence-electron chi connectivity index (χ0n) is 12.7. The van der Waals surface area contributed by atoms with Gasteiger partial charge in [-0.05, 0) is 26.2 Å². The van der Waals surface area contributed by atoms with Crippen LogP contribution in [0.2, 0.25) is 0 Å². The minimum atomic E-state index is 0.147. The average molecular weight is 303 g/mol. The van der Waals surface area contributed by atoms with E-state index in [2.05, 4.69) is 25.3 Å². The van der Waals surface area contributed by atoms with Gasteiger partial charge in [0.15, 0.2) is 5.76 Å². The zero-order chi connectivity index (χ0) is 15.4. The SMILES string of the molecule is Cc1cc(CNc2cc(N3CCCCC3CO)ncn2)on1. The van der Waals surface area contributed by atoms with E-state index in [1.165, 1.54) is 0 Å². The van der Waals surface area contributed by atoms with E-state index < -0.39 is 0 Å². The van der Waals surface area contributed by atoms with Crippen LogP contribution in [0.4, 0.5) is 11.6 Å². The van der Waals surface area contributed by atoms with Gasteiger partial charge < -0.3 is 19.8 Å². The van der Waals surface area contributed by atoms with Gasteiger partial charge in [-0.1, -0.05) is 5.16 Å². The van der Waals surface area contributed by atoms with E-state index in [0.29, 0.717) is 6.54 Å². The number of nitrogens with zero attached hydrogens (tertiary/aromatic N) is 4. The Morgan fingerprint density at radius 2 is 2.27 bits per heavy atom. The largest absolute Gasteiger partial charge is 0.394 e. The van der Waals surface area contributed by atoms with Crippen LogP contribution in [0.25, 0.3) is 0 Å². The third kappa shape index (κ3) is 3.36. The minimum Gasteiger partial charge on any atom is -0.394 e. The van der Waals surface area contributed by atoms with Crippen LogP contribution in [-0.4, -0.2) is 39.4 Å². The van der Waals surface area contributed by atoms with E-state index in [9.17, 15) is 5.11 Å². The molecule has 7 heteroatoms. The van der Waals surface area contributed by atoms with Gasteiger partial charge in [0.25, 0.3) is 0 Å². The van der Waals surface area contributed by atoms with Crippen molar-refractivity contribution < 1.29 is 9.63 Å². The van der Waals surface area contributed by atoms with Crippen LogP contribution >= 0.6 is 0 Å². The van der Waals surface area contributed by atoms with Crippen LogP contribution in [0.15, 0.2) is 23.0 Å². The smallest absolute Gasteiger partial charge is 0.156 e. The number of hydrogen-bond donors (Lipinski definition) is 2. The molecular formula is C15H21N5O2. The monoisotopic (exact) mass is 303 g/mol. The molecule has 0 saturated carbocycles. The maximum Gasteiger partial charge on any atom is 0.156 e. The predicted octanol–water partition coefficient (Wildman–Crippen LogP) is 1.74. The molecule has 22 heavy (non-hydrogen) atoms. The molecule has 0 spiro atoms. The van der Waals surface area contributed by atoms with E-state index in [4.69, 9.17) is 4.52 Å². The maximum atomic E-state index is 9.53. The molecule has 0 radical (unpaired) electrons. The van der Waals surface area contributed by atoms with Crippen LogP contribution in [0, 0.1) is 6.92 Å². The molecule has 0 bridgehead atoms. The van der Waals surface area contributed by atoms with Crippen LogP contribution in [0.5, 0.6) is 0 Å². The average Bonchev–Trinajstić information content (AvgIpc) is 2.98. The van der Waals surface area contributed by atoms with Crippen LogP contribution < -0.4 is 10.2 Å². The third-order valence-electron chi connectivity index (χ3n) is 3.91. The first kappa shape index (κ1) is 14.8. The van der Waals surface area contributed by atoms with E-state index in [1.54, 1.807) is 6.33 Å². The van der Waals surface area contributed by atoms with Crippen molar-refractivity contribution in [2.24, 2.45) is 0 Å². The molecule has 0 amide bonds. The fourth-order valence-electron chi connectivity index (χ4n) is 2.77. The summed E-state index contributed by atoms with van der Waals surface area (Å²) >= 11 is 0. The molecule has 1 aliphatic heterocycles. The molecule has 1 aliphatic rings. The van der Waals surface area contributed by atoms with Crippen molar-refractivity contribution in [1.29, 1.82) is 0 Å². The number of nitrogens with one attached hydrogen (secondary N) is 1. The van der Waals surface area contributed by atoms with Gasteiger partial charge >= 0.3 is 0 Å². The Morgan fingerprint density at radius 1 is 1.36 bits per heavy atom. The zero-order valence-corrected chi connectivity index (χ0v) is 12.7. The van der Waals surface area contributed by atoms with Gasteiger partial charge in [0, 0.05) is 18.7 Å². The fourth-order valence-corrected chi connectivity index (χ4v) is 2.77. The second-order valence-corrected chi connectivity index (χ2v) is 5.58. The highest BCUT2D eigenvalue weighted by atomic mass is 16.5. The Morgan fingerprint density at radius 3 is 3.05 bits per heavy atom. The summed E-state index contributed by atoms with van der Waals surface area (Å²) in [6.07, 6.45) is 4.83. The summed E-state index contributed by atoms with van der Waals surface area (Å²) in [4.78, 5) is 10.7. The highest BCUT2D eigenvalue weighted by Crippen LogP contribution is 2.24. The number of rotatable bonds is 5. The lowest BCUT2D eigenvalue weighted by Gasteiger charge is -2.35. The van der Waals surface area contributed by atoms with Crippen molar-refractivity contribution in [2.75, 3.05) is 23.4 Å². The van der Waals surface area contributed by atoms with Crippen LogP contribution in [0.3, 0.4) is 0 Å². The van der Waals surface area contributed by atoms with Gasteiger partial charge in [-0.15, -0.1) is 0 Å². The summed E-state index contributed by atoms with van der Waals surface area (Å²) in [6.45, 7) is 3.50. The molecule has 3 heterocycles. The van der Waals surface area contributed by atoms with E-state index in [0.717, 1.165) is 48.9 Å². The van der Waals surface area contributed by atoms with Crippen LogP contribution in [-0.2, 0) is 6.54 Å². The first-order valence-electron chi connectivity index (χ1n) is 7.62. The Kier molecular flexibility index (Phi) is 4.53. The Labute approximate surface area is 129 Å². The lowest BCUT2D eigenvalue weighted by Crippen LogP contribution is -2.42.